The van der Waals surface area contributed by atoms with Crippen LogP contribution >= 0.6 is 95.6 Å². The molecule has 0 atom stereocenters. The summed E-state index contributed by atoms with van der Waals surface area (Å²) in [5.41, 5.74) is 0. The molecule has 0 spiro atoms. The maximum absolute atomic E-state index is 9.00. The molecule has 0 aromatic heterocycles. The highest BCUT2D eigenvalue weighted by atomic mass is 80.0. The van der Waals surface area contributed by atoms with E-state index in [1.54, 1.807) is 0 Å². The van der Waals surface area contributed by atoms with Crippen LogP contribution in [0.2, 0.25) is 0 Å². The number of hydrogen-bond acceptors (Lipinski definition) is 1. The average Bonchev–Trinajstić information content (AvgIpc) is 1.55. The highest BCUT2D eigenvalue weighted by Crippen LogP contribution is 2.56. The van der Waals surface area contributed by atoms with E-state index in [0.29, 0.717) is 0 Å². The molecule has 0 aromatic carbocycles. The van der Waals surface area contributed by atoms with Crippen LogP contribution in [0.1, 0.15) is 6.92 Å². The number of carbonyl (C=O) groups is 1. The van der Waals surface area contributed by atoms with Gasteiger partial charge in [-0.2, -0.15) is 0 Å². The normalized spacial score (nSPS) is 11.6. The number of hydrogen-bond donors (Lipinski definition) is 1. The summed E-state index contributed by atoms with van der Waals surface area (Å²) in [5, 5.41) is 7.42. The van der Waals surface area contributed by atoms with Crippen molar-refractivity contribution in [2.45, 2.75) is 11.2 Å². The molecule has 0 aromatic rings. The van der Waals surface area contributed by atoms with Gasteiger partial charge in [0.15, 0.2) is 4.29 Å². The van der Waals surface area contributed by atoms with Crippen LogP contribution in [0, 0.1) is 0 Å². The molecule has 0 radical (unpaired) electrons. The molecule has 1 N–H and O–H groups in total. The lowest BCUT2D eigenvalue weighted by atomic mass is 10.9. The molecule has 0 saturated heterocycles. The van der Waals surface area contributed by atoms with Gasteiger partial charge in [-0.3, -0.25) is 4.79 Å². The second-order valence-electron chi connectivity index (χ2n) is 1.51. The van der Waals surface area contributed by atoms with Gasteiger partial charge in [0.2, 0.25) is 0 Å². The predicted molar refractivity (Wildman–Crippen MR) is 72.3 cm³/mol. The molecule has 0 rings (SSSR count). The highest BCUT2D eigenvalue weighted by molar-refractivity contribution is 9.46. The van der Waals surface area contributed by atoms with Gasteiger partial charge in [-0.1, -0.05) is 95.6 Å². The lowest BCUT2D eigenvalue weighted by Crippen LogP contribution is -2.19. The van der Waals surface area contributed by atoms with Crippen LogP contribution in [0.25, 0.3) is 0 Å². The monoisotopic (exact) mass is 558 g/mol. The zero-order valence-corrected chi connectivity index (χ0v) is 15.1. The predicted octanol–water partition coefficient (Wildman–Crippen LogP) is 4.75. The number of alkyl halides is 6. The van der Waals surface area contributed by atoms with E-state index in [9.17, 15) is 0 Å². The molecule has 0 fully saturated rings. The second kappa shape index (κ2) is 6.76. The van der Waals surface area contributed by atoms with E-state index in [-0.39, 0.29) is 4.29 Å². The number of carboxylic acid groups (broad SMARTS) is 1. The number of halogens is 6. The van der Waals surface area contributed by atoms with Crippen LogP contribution in [-0.2, 0) is 4.79 Å². The van der Waals surface area contributed by atoms with E-state index in [1.165, 1.54) is 0 Å². The minimum absolute atomic E-state index is 0.375. The third kappa shape index (κ3) is 12.3. The summed E-state index contributed by atoms with van der Waals surface area (Å²) in [5.74, 6) is -0.833. The van der Waals surface area contributed by atoms with Crippen molar-refractivity contribution in [2.75, 3.05) is 0 Å². The minimum Gasteiger partial charge on any atom is -0.481 e. The van der Waals surface area contributed by atoms with Crippen LogP contribution in [0.3, 0.4) is 0 Å². The highest BCUT2D eigenvalue weighted by Gasteiger charge is 2.40. The van der Waals surface area contributed by atoms with Gasteiger partial charge < -0.3 is 5.11 Å². The van der Waals surface area contributed by atoms with E-state index >= 15 is 0 Å². The van der Waals surface area contributed by atoms with Crippen molar-refractivity contribution >= 4 is 102 Å². The Labute approximate surface area is 121 Å². The van der Waals surface area contributed by atoms with Gasteiger partial charge in [-0.25, -0.2) is 0 Å². The van der Waals surface area contributed by atoms with Gasteiger partial charge in [0.05, 0.1) is 0 Å². The van der Waals surface area contributed by atoms with Gasteiger partial charge in [0.1, 0.15) is 0 Å². The molecule has 0 saturated carbocycles. The molecule has 8 heteroatoms. The smallest absolute Gasteiger partial charge is 0.300 e. The van der Waals surface area contributed by atoms with Crippen molar-refractivity contribution in [2.24, 2.45) is 0 Å². The van der Waals surface area contributed by atoms with Crippen molar-refractivity contribution < 1.29 is 9.90 Å². The summed E-state index contributed by atoms with van der Waals surface area (Å²) in [4.78, 5) is 9.00. The molecule has 0 aliphatic carbocycles. The van der Waals surface area contributed by atoms with Crippen LogP contribution in [0.15, 0.2) is 0 Å². The fourth-order valence-corrected chi connectivity index (χ4v) is 0. The number of carboxylic acids is 1. The van der Waals surface area contributed by atoms with Crippen LogP contribution in [0.4, 0.5) is 0 Å². The molecule has 0 amide bonds. The topological polar surface area (TPSA) is 37.3 Å². The maximum Gasteiger partial charge on any atom is 0.300 e. The van der Waals surface area contributed by atoms with Crippen molar-refractivity contribution in [3.63, 3.8) is 0 Å². The zero-order valence-electron chi connectivity index (χ0n) is 5.62. The van der Waals surface area contributed by atoms with Gasteiger partial charge in [-0.05, 0) is 0 Å². The van der Waals surface area contributed by atoms with Gasteiger partial charge in [0.25, 0.3) is 5.97 Å². The Morgan fingerprint density at radius 1 is 1.00 bits per heavy atom. The first kappa shape index (κ1) is 16.8. The van der Waals surface area contributed by atoms with Crippen LogP contribution in [0.5, 0.6) is 0 Å². The molecule has 0 bridgehead atoms. The SMILES string of the molecule is BrC(Br)(Br)C(Br)(Br)Br.CC(=O)O. The molecule has 12 heavy (non-hydrogen) atoms. The molecular weight excluding hydrogens is 559 g/mol. The fourth-order valence-electron chi connectivity index (χ4n) is 0. The van der Waals surface area contributed by atoms with Crippen molar-refractivity contribution in [3.8, 4) is 0 Å². The lowest BCUT2D eigenvalue weighted by molar-refractivity contribution is -0.134. The third-order valence-electron chi connectivity index (χ3n) is 0.321. The summed E-state index contributed by atoms with van der Waals surface area (Å²) in [6.45, 7) is 1.08. The Hall–Kier alpha value is 2.35. The summed E-state index contributed by atoms with van der Waals surface area (Å²) in [7, 11) is 0. The van der Waals surface area contributed by atoms with Crippen molar-refractivity contribution in [1.29, 1.82) is 0 Å². The molecule has 2 nitrogen and oxygen atoms in total. The summed E-state index contributed by atoms with van der Waals surface area (Å²) >= 11 is 19.8. The van der Waals surface area contributed by atoms with E-state index in [2.05, 4.69) is 95.6 Å². The van der Waals surface area contributed by atoms with Crippen LogP contribution < -0.4 is 0 Å². The third-order valence-corrected chi connectivity index (χ3v) is 8.68. The zero-order chi connectivity index (χ0) is 10.6. The molecule has 74 valence electrons. The summed E-state index contributed by atoms with van der Waals surface area (Å²) in [6, 6.07) is 0. The van der Waals surface area contributed by atoms with Crippen molar-refractivity contribution in [1.82, 2.24) is 0 Å². The molecule has 0 aliphatic rings. The fraction of sp³-hybridized carbons (Fsp3) is 0.750. The quantitative estimate of drug-likeness (QED) is 0.432. The van der Waals surface area contributed by atoms with Crippen LogP contribution in [-0.4, -0.2) is 15.4 Å². The van der Waals surface area contributed by atoms with Crippen molar-refractivity contribution in [3.05, 3.63) is 0 Å². The Balaban J connectivity index is 0. The second-order valence-corrected chi connectivity index (χ2v) is 15.0. The molecular formula is C4H4Br6O2. The Morgan fingerprint density at radius 3 is 1.08 bits per heavy atom. The standard InChI is InChI=1S/C2Br6.C2H4O2/c3-1(4,5)2(6,7)8;1-2(3)4/h;1H3,(H,3,4). The Morgan fingerprint density at radius 2 is 1.08 bits per heavy atom. The van der Waals surface area contributed by atoms with Gasteiger partial charge in [-0.15, -0.1) is 0 Å². The number of rotatable bonds is 0. The maximum atomic E-state index is 9.00. The average molecular weight is 563 g/mol. The number of aliphatic carboxylic acids is 1. The first-order valence-corrected chi connectivity index (χ1v) is 7.07. The summed E-state index contributed by atoms with van der Waals surface area (Å²) < 4.78 is -0.750. The first-order valence-electron chi connectivity index (χ1n) is 2.31. The Kier molecular flexibility index (Phi) is 9.45. The van der Waals surface area contributed by atoms with E-state index < -0.39 is 5.97 Å². The first-order chi connectivity index (χ1) is 4.98. The lowest BCUT2D eigenvalue weighted by Gasteiger charge is -2.22. The van der Waals surface area contributed by atoms with E-state index in [1.807, 2.05) is 0 Å². The summed E-state index contributed by atoms with van der Waals surface area (Å²) in [6.07, 6.45) is 0. The van der Waals surface area contributed by atoms with E-state index in [4.69, 9.17) is 9.90 Å². The van der Waals surface area contributed by atoms with Gasteiger partial charge in [0, 0.05) is 6.92 Å². The molecule has 0 unspecified atom stereocenters. The van der Waals surface area contributed by atoms with E-state index in [0.717, 1.165) is 6.92 Å². The molecule has 0 heterocycles. The van der Waals surface area contributed by atoms with Gasteiger partial charge >= 0.3 is 0 Å². The minimum atomic E-state index is -0.833. The molecule has 0 aliphatic heterocycles. The Bertz CT molecular complexity index is 129. The largest absolute Gasteiger partial charge is 0.481 e.